The van der Waals surface area contributed by atoms with Gasteiger partial charge in [0.25, 0.3) is 0 Å². The first-order chi connectivity index (χ1) is 13.5. The van der Waals surface area contributed by atoms with E-state index in [0.717, 1.165) is 5.56 Å². The van der Waals surface area contributed by atoms with Crippen LogP contribution in [0.2, 0.25) is 0 Å². The fourth-order valence-corrected chi connectivity index (χ4v) is 2.98. The first kappa shape index (κ1) is 22.7. The molecule has 2 rings (SSSR count). The summed E-state index contributed by atoms with van der Waals surface area (Å²) in [5.74, 6) is -1.31. The van der Waals surface area contributed by atoms with E-state index in [2.05, 4.69) is 20.8 Å². The highest BCUT2D eigenvalue weighted by Gasteiger charge is 2.48. The standard InChI is InChI=1S/C21H28O8/c1-12(22)26-17-11-25-20(19(28-14(3)24)18(17)27-13(2)23)29-16-9-7-15(8-10-16)21(4,5)6/h7-10,17-20H,11H2,1-6H3/t17-,18+,19+,20-/m1/s1. The van der Waals surface area contributed by atoms with Crippen LogP contribution in [0.1, 0.15) is 47.1 Å². The Bertz CT molecular complexity index is 734. The van der Waals surface area contributed by atoms with Gasteiger partial charge in [-0.2, -0.15) is 0 Å². The zero-order chi connectivity index (χ0) is 21.8. The Labute approximate surface area is 170 Å². The lowest BCUT2D eigenvalue weighted by atomic mass is 9.87. The first-order valence-corrected chi connectivity index (χ1v) is 9.38. The van der Waals surface area contributed by atoms with Crippen molar-refractivity contribution in [2.24, 2.45) is 0 Å². The van der Waals surface area contributed by atoms with Gasteiger partial charge in [0.05, 0.1) is 6.61 Å². The molecule has 4 atom stereocenters. The number of benzene rings is 1. The van der Waals surface area contributed by atoms with Crippen molar-refractivity contribution in [2.45, 2.75) is 71.6 Å². The SMILES string of the molecule is CC(=O)O[C@@H]1[C@@H](Oc2ccc(C(C)(C)C)cc2)OC[C@@H](OC(C)=O)[C@@H]1OC(C)=O. The zero-order valence-electron chi connectivity index (χ0n) is 17.6. The average molecular weight is 408 g/mol. The molecule has 0 N–H and O–H groups in total. The van der Waals surface area contributed by atoms with Crippen LogP contribution >= 0.6 is 0 Å². The van der Waals surface area contributed by atoms with E-state index in [1.807, 2.05) is 12.1 Å². The Morgan fingerprint density at radius 1 is 0.862 bits per heavy atom. The second-order valence-corrected chi connectivity index (χ2v) is 7.89. The van der Waals surface area contributed by atoms with Crippen molar-refractivity contribution in [3.8, 4) is 5.75 Å². The minimum Gasteiger partial charge on any atom is -0.461 e. The van der Waals surface area contributed by atoms with E-state index in [9.17, 15) is 14.4 Å². The Morgan fingerprint density at radius 3 is 1.86 bits per heavy atom. The molecule has 1 heterocycles. The van der Waals surface area contributed by atoms with Crippen molar-refractivity contribution in [3.05, 3.63) is 29.8 Å². The van der Waals surface area contributed by atoms with Gasteiger partial charge in [-0.15, -0.1) is 0 Å². The van der Waals surface area contributed by atoms with Crippen LogP contribution in [0.4, 0.5) is 0 Å². The Kier molecular flexibility index (Phi) is 7.24. The molecule has 1 aromatic carbocycles. The lowest BCUT2D eigenvalue weighted by Crippen LogP contribution is -2.59. The number of hydrogen-bond acceptors (Lipinski definition) is 8. The van der Waals surface area contributed by atoms with E-state index in [4.69, 9.17) is 23.7 Å². The van der Waals surface area contributed by atoms with E-state index in [1.165, 1.54) is 20.8 Å². The van der Waals surface area contributed by atoms with Crippen molar-refractivity contribution in [2.75, 3.05) is 6.61 Å². The van der Waals surface area contributed by atoms with Crippen LogP contribution in [-0.2, 0) is 38.7 Å². The summed E-state index contributed by atoms with van der Waals surface area (Å²) < 4.78 is 27.3. The number of carbonyl (C=O) groups excluding carboxylic acids is 3. The lowest BCUT2D eigenvalue weighted by molar-refractivity contribution is -0.259. The molecule has 1 saturated heterocycles. The summed E-state index contributed by atoms with van der Waals surface area (Å²) >= 11 is 0. The van der Waals surface area contributed by atoms with Crippen LogP contribution in [0.25, 0.3) is 0 Å². The maximum absolute atomic E-state index is 11.6. The van der Waals surface area contributed by atoms with E-state index in [1.54, 1.807) is 12.1 Å². The summed E-state index contributed by atoms with van der Waals surface area (Å²) in [6, 6.07) is 7.44. The Balaban J connectivity index is 2.25. The predicted molar refractivity (Wildman–Crippen MR) is 102 cm³/mol. The molecule has 1 aliphatic rings. The summed E-state index contributed by atoms with van der Waals surface area (Å²) in [4.78, 5) is 34.6. The molecular weight excluding hydrogens is 380 g/mol. The number of rotatable bonds is 5. The van der Waals surface area contributed by atoms with Crippen LogP contribution in [0.15, 0.2) is 24.3 Å². The molecular formula is C21H28O8. The largest absolute Gasteiger partial charge is 0.461 e. The van der Waals surface area contributed by atoms with Crippen molar-refractivity contribution in [1.82, 2.24) is 0 Å². The highest BCUT2D eigenvalue weighted by atomic mass is 16.7. The molecule has 1 aromatic rings. The zero-order valence-corrected chi connectivity index (χ0v) is 17.6. The van der Waals surface area contributed by atoms with Crippen molar-refractivity contribution < 1.29 is 38.1 Å². The molecule has 29 heavy (non-hydrogen) atoms. The fraction of sp³-hybridized carbons (Fsp3) is 0.571. The molecule has 160 valence electrons. The summed E-state index contributed by atoms with van der Waals surface area (Å²) in [5, 5.41) is 0. The second-order valence-electron chi connectivity index (χ2n) is 7.89. The normalized spacial score (nSPS) is 24.3. The third kappa shape index (κ3) is 6.45. The second kappa shape index (κ2) is 9.26. The third-order valence-corrected chi connectivity index (χ3v) is 4.28. The summed E-state index contributed by atoms with van der Waals surface area (Å²) in [6.45, 7) is 9.88. The molecule has 8 heteroatoms. The molecule has 0 saturated carbocycles. The topological polar surface area (TPSA) is 97.4 Å². The maximum Gasteiger partial charge on any atom is 0.303 e. The number of hydrogen-bond donors (Lipinski definition) is 0. The van der Waals surface area contributed by atoms with Gasteiger partial charge < -0.3 is 23.7 Å². The molecule has 0 amide bonds. The van der Waals surface area contributed by atoms with Gasteiger partial charge in [-0.25, -0.2) is 0 Å². The van der Waals surface area contributed by atoms with E-state index in [0.29, 0.717) is 5.75 Å². The van der Waals surface area contributed by atoms with Gasteiger partial charge in [0.2, 0.25) is 12.4 Å². The van der Waals surface area contributed by atoms with Gasteiger partial charge in [-0.3, -0.25) is 14.4 Å². The number of carbonyl (C=O) groups is 3. The van der Waals surface area contributed by atoms with Gasteiger partial charge in [-0.1, -0.05) is 32.9 Å². The molecule has 0 unspecified atom stereocenters. The quantitative estimate of drug-likeness (QED) is 0.542. The van der Waals surface area contributed by atoms with Crippen LogP contribution in [0.3, 0.4) is 0 Å². The molecule has 0 spiro atoms. The first-order valence-electron chi connectivity index (χ1n) is 9.38. The van der Waals surface area contributed by atoms with Crippen molar-refractivity contribution in [1.29, 1.82) is 0 Å². The fourth-order valence-electron chi connectivity index (χ4n) is 2.98. The van der Waals surface area contributed by atoms with E-state index < -0.39 is 42.5 Å². The Hall–Kier alpha value is -2.61. The molecule has 1 fully saturated rings. The molecule has 8 nitrogen and oxygen atoms in total. The van der Waals surface area contributed by atoms with Gasteiger partial charge in [0.1, 0.15) is 5.75 Å². The van der Waals surface area contributed by atoms with Crippen LogP contribution in [0.5, 0.6) is 5.75 Å². The minimum atomic E-state index is -1.11. The lowest BCUT2D eigenvalue weighted by Gasteiger charge is -2.40. The van der Waals surface area contributed by atoms with Crippen LogP contribution < -0.4 is 4.74 Å². The summed E-state index contributed by atoms with van der Waals surface area (Å²) in [5.41, 5.74) is 1.11. The Morgan fingerprint density at radius 2 is 1.38 bits per heavy atom. The highest BCUT2D eigenvalue weighted by Crippen LogP contribution is 2.29. The molecule has 0 bridgehead atoms. The minimum absolute atomic E-state index is 0.0161. The monoisotopic (exact) mass is 408 g/mol. The van der Waals surface area contributed by atoms with Crippen LogP contribution in [-0.4, -0.2) is 49.1 Å². The predicted octanol–water partition coefficient (Wildman–Crippen LogP) is 2.51. The maximum atomic E-state index is 11.6. The molecule has 0 aliphatic carbocycles. The van der Waals surface area contributed by atoms with Gasteiger partial charge in [-0.05, 0) is 23.1 Å². The molecule has 0 aromatic heterocycles. The summed E-state index contributed by atoms with van der Waals surface area (Å²) in [6.07, 6.45) is -4.15. The van der Waals surface area contributed by atoms with Gasteiger partial charge >= 0.3 is 17.9 Å². The van der Waals surface area contributed by atoms with Crippen molar-refractivity contribution >= 4 is 17.9 Å². The van der Waals surface area contributed by atoms with Gasteiger partial charge in [0.15, 0.2) is 12.2 Å². The van der Waals surface area contributed by atoms with E-state index >= 15 is 0 Å². The highest BCUT2D eigenvalue weighted by molar-refractivity contribution is 5.68. The average Bonchev–Trinajstić information content (AvgIpc) is 2.58. The number of esters is 3. The third-order valence-electron chi connectivity index (χ3n) is 4.28. The van der Waals surface area contributed by atoms with E-state index in [-0.39, 0.29) is 12.0 Å². The smallest absolute Gasteiger partial charge is 0.303 e. The summed E-state index contributed by atoms with van der Waals surface area (Å²) in [7, 11) is 0. The van der Waals surface area contributed by atoms with Crippen molar-refractivity contribution in [3.63, 3.8) is 0 Å². The van der Waals surface area contributed by atoms with Crippen LogP contribution in [0, 0.1) is 0 Å². The number of ether oxygens (including phenoxy) is 5. The molecule has 1 aliphatic heterocycles. The van der Waals surface area contributed by atoms with Gasteiger partial charge in [0, 0.05) is 20.8 Å². The molecule has 0 radical (unpaired) electrons.